The quantitative estimate of drug-likeness (QED) is 0.582. The van der Waals surface area contributed by atoms with Crippen LogP contribution in [0.15, 0.2) is 30.3 Å². The van der Waals surface area contributed by atoms with Crippen LogP contribution in [-0.4, -0.2) is 33.3 Å². The molecule has 1 fully saturated rings. The fourth-order valence-electron chi connectivity index (χ4n) is 2.62. The molecule has 2 unspecified atom stereocenters. The second kappa shape index (κ2) is 8.35. The van der Waals surface area contributed by atoms with Crippen molar-refractivity contribution in [2.75, 3.05) is 6.61 Å². The number of ether oxygens (including phenoxy) is 1. The number of benzene rings is 1. The molecule has 1 saturated carbocycles. The molecule has 0 amide bonds. The van der Waals surface area contributed by atoms with Crippen LogP contribution in [0.2, 0.25) is 4.82 Å². The molecule has 1 aromatic rings. The molecule has 0 spiro atoms. The van der Waals surface area contributed by atoms with E-state index in [1.807, 2.05) is 25.1 Å². The van der Waals surface area contributed by atoms with E-state index in [9.17, 15) is 9.59 Å². The van der Waals surface area contributed by atoms with Gasteiger partial charge >= 0.3 is 132 Å². The summed E-state index contributed by atoms with van der Waals surface area (Å²) in [6.07, 6.45) is 4.00. The fourth-order valence-corrected chi connectivity index (χ4v) is 5.97. The van der Waals surface area contributed by atoms with Crippen molar-refractivity contribution in [1.29, 1.82) is 0 Å². The van der Waals surface area contributed by atoms with Gasteiger partial charge in [-0.1, -0.05) is 0 Å². The van der Waals surface area contributed by atoms with Gasteiger partial charge in [0.15, 0.2) is 0 Å². The summed E-state index contributed by atoms with van der Waals surface area (Å²) in [6, 6.07) is 10.2. The van der Waals surface area contributed by atoms with Crippen LogP contribution in [0.25, 0.3) is 0 Å². The van der Waals surface area contributed by atoms with Gasteiger partial charge in [-0.3, -0.25) is 0 Å². The molecule has 1 aromatic carbocycles. The van der Waals surface area contributed by atoms with Crippen molar-refractivity contribution in [3.63, 3.8) is 0 Å². The molecule has 0 heterocycles. The van der Waals surface area contributed by atoms with Crippen molar-refractivity contribution in [3.8, 4) is 0 Å². The van der Waals surface area contributed by atoms with Gasteiger partial charge in [-0.2, -0.15) is 0 Å². The van der Waals surface area contributed by atoms with Gasteiger partial charge in [0.25, 0.3) is 0 Å². The van der Waals surface area contributed by atoms with Crippen molar-refractivity contribution < 1.29 is 14.3 Å². The van der Waals surface area contributed by atoms with E-state index in [-0.39, 0.29) is 25.7 Å². The summed E-state index contributed by atoms with van der Waals surface area (Å²) in [4.78, 5) is 24.2. The molecule has 21 heavy (non-hydrogen) atoms. The average molecular weight is 353 g/mol. The fraction of sp³-hybridized carbons (Fsp3) is 0.529. The van der Waals surface area contributed by atoms with Crippen molar-refractivity contribution >= 4 is 26.7 Å². The van der Waals surface area contributed by atoms with Gasteiger partial charge < -0.3 is 0 Å². The van der Waals surface area contributed by atoms with Crippen molar-refractivity contribution in [3.05, 3.63) is 35.9 Å². The van der Waals surface area contributed by atoms with Crippen molar-refractivity contribution in [1.82, 2.24) is 0 Å². The summed E-state index contributed by atoms with van der Waals surface area (Å²) in [5.74, 6) is 0.256. The average Bonchev–Trinajstić information content (AvgIpc) is 2.48. The van der Waals surface area contributed by atoms with Crippen LogP contribution in [0.4, 0.5) is 0 Å². The van der Waals surface area contributed by atoms with Crippen LogP contribution in [0.3, 0.4) is 0 Å². The number of carbonyl (C=O) groups excluding carboxylic acids is 2. The zero-order valence-electron chi connectivity index (χ0n) is 12.4. The molecule has 2 rings (SSSR count). The van der Waals surface area contributed by atoms with Crippen LogP contribution < -0.4 is 0 Å². The molecule has 0 aromatic heterocycles. The second-order valence-corrected chi connectivity index (χ2v) is 8.47. The SMILES string of the molecule is CCOC(=O)CC([Se]C1CCCC(=O)C1)c1ccccc1. The van der Waals surface area contributed by atoms with Gasteiger partial charge in [0, 0.05) is 0 Å². The Kier molecular flexibility index (Phi) is 6.47. The summed E-state index contributed by atoms with van der Waals surface area (Å²) in [6.45, 7) is 2.26. The maximum absolute atomic E-state index is 11.9. The topological polar surface area (TPSA) is 43.4 Å². The Hall–Kier alpha value is -1.12. The van der Waals surface area contributed by atoms with Crippen LogP contribution in [0.1, 0.15) is 49.4 Å². The third-order valence-corrected chi connectivity index (χ3v) is 6.88. The Balaban J connectivity index is 2.04. The molecule has 2 atom stereocenters. The van der Waals surface area contributed by atoms with Crippen LogP contribution in [-0.2, 0) is 14.3 Å². The van der Waals surface area contributed by atoms with Crippen molar-refractivity contribution in [2.45, 2.75) is 48.7 Å². The maximum atomic E-state index is 11.9. The molecule has 0 radical (unpaired) electrons. The van der Waals surface area contributed by atoms with E-state index in [4.69, 9.17) is 4.74 Å². The molecule has 1 aliphatic carbocycles. The van der Waals surface area contributed by atoms with E-state index in [0.29, 0.717) is 30.0 Å². The Morgan fingerprint density at radius 3 is 2.81 bits per heavy atom. The first-order valence-electron chi connectivity index (χ1n) is 7.56. The summed E-state index contributed by atoms with van der Waals surface area (Å²) in [5, 5.41) is 0. The Bertz CT molecular complexity index is 472. The van der Waals surface area contributed by atoms with E-state index in [2.05, 4.69) is 12.1 Å². The standard InChI is InChI=1S/C17H22O3Se/c1-2-20-17(19)12-16(13-7-4-3-5-8-13)21-15-10-6-9-14(18)11-15/h3-5,7-8,15-16H,2,6,9-12H2,1H3. The molecule has 0 bridgehead atoms. The number of hydrogen-bond donors (Lipinski definition) is 0. The summed E-state index contributed by atoms with van der Waals surface area (Å²) >= 11 is 0.254. The summed E-state index contributed by atoms with van der Waals surface area (Å²) in [7, 11) is 0. The number of Topliss-reactive ketones (excluding diaryl/α,β-unsaturated/α-hetero) is 1. The zero-order chi connectivity index (χ0) is 15.1. The number of esters is 1. The number of rotatable bonds is 6. The minimum absolute atomic E-state index is 0.129. The van der Waals surface area contributed by atoms with E-state index in [1.54, 1.807) is 0 Å². The van der Waals surface area contributed by atoms with Gasteiger partial charge in [0.05, 0.1) is 0 Å². The third kappa shape index (κ3) is 5.29. The predicted molar refractivity (Wildman–Crippen MR) is 83.4 cm³/mol. The number of ketones is 1. The van der Waals surface area contributed by atoms with E-state index in [0.717, 1.165) is 19.3 Å². The predicted octanol–water partition coefficient (Wildman–Crippen LogP) is 3.32. The Morgan fingerprint density at radius 1 is 1.38 bits per heavy atom. The second-order valence-electron chi connectivity index (χ2n) is 5.30. The van der Waals surface area contributed by atoms with E-state index >= 15 is 0 Å². The number of carbonyl (C=O) groups is 2. The first-order chi connectivity index (χ1) is 10.2. The van der Waals surface area contributed by atoms with Gasteiger partial charge in [0.1, 0.15) is 0 Å². The van der Waals surface area contributed by atoms with Gasteiger partial charge in [-0.05, 0) is 0 Å². The van der Waals surface area contributed by atoms with Crippen molar-refractivity contribution in [2.24, 2.45) is 0 Å². The first-order valence-corrected chi connectivity index (χ1v) is 9.54. The van der Waals surface area contributed by atoms with Crippen LogP contribution in [0.5, 0.6) is 0 Å². The Labute approximate surface area is 132 Å². The molecule has 114 valence electrons. The normalized spacial score (nSPS) is 20.0. The van der Waals surface area contributed by atoms with Gasteiger partial charge in [0.2, 0.25) is 0 Å². The van der Waals surface area contributed by atoms with Crippen LogP contribution >= 0.6 is 0 Å². The van der Waals surface area contributed by atoms with Gasteiger partial charge in [-0.15, -0.1) is 0 Å². The molecule has 0 saturated heterocycles. The summed E-state index contributed by atoms with van der Waals surface area (Å²) in [5.41, 5.74) is 1.20. The molecule has 0 N–H and O–H groups in total. The van der Waals surface area contributed by atoms with E-state index in [1.165, 1.54) is 5.56 Å². The Morgan fingerprint density at radius 2 is 2.14 bits per heavy atom. The molecule has 0 aliphatic heterocycles. The zero-order valence-corrected chi connectivity index (χ0v) is 14.1. The minimum atomic E-state index is -0.129. The number of hydrogen-bond acceptors (Lipinski definition) is 3. The summed E-state index contributed by atoms with van der Waals surface area (Å²) < 4.78 is 5.11. The molecule has 4 heteroatoms. The molecular formula is C17H22O3Se. The monoisotopic (exact) mass is 354 g/mol. The third-order valence-electron chi connectivity index (χ3n) is 3.62. The first kappa shape index (κ1) is 16.3. The van der Waals surface area contributed by atoms with Crippen LogP contribution in [0, 0.1) is 0 Å². The molecule has 3 nitrogen and oxygen atoms in total. The van der Waals surface area contributed by atoms with E-state index < -0.39 is 0 Å². The van der Waals surface area contributed by atoms with Gasteiger partial charge in [-0.25, -0.2) is 0 Å². The molecule has 1 aliphatic rings. The molecular weight excluding hydrogens is 331 g/mol.